The summed E-state index contributed by atoms with van der Waals surface area (Å²) in [5.41, 5.74) is -0.540. The maximum atomic E-state index is 13.8. The molecule has 9 heteroatoms. The van der Waals surface area contributed by atoms with Gasteiger partial charge in [-0.05, 0) is 18.2 Å². The SMILES string of the molecule is O=C(Nc1cc([N+](=O)[O-])ccc1F)c1cc(Cl)c2c(c1)OCCO2. The third-order valence-corrected chi connectivity index (χ3v) is 3.55. The Morgan fingerprint density at radius 3 is 2.75 bits per heavy atom. The van der Waals surface area contributed by atoms with E-state index >= 15 is 0 Å². The first-order valence-electron chi connectivity index (χ1n) is 6.80. The van der Waals surface area contributed by atoms with Gasteiger partial charge in [-0.2, -0.15) is 0 Å². The van der Waals surface area contributed by atoms with Crippen LogP contribution in [0.15, 0.2) is 30.3 Å². The van der Waals surface area contributed by atoms with Crippen LogP contribution in [0.5, 0.6) is 11.5 Å². The molecule has 0 unspecified atom stereocenters. The van der Waals surface area contributed by atoms with Crippen molar-refractivity contribution in [3.63, 3.8) is 0 Å². The largest absolute Gasteiger partial charge is 0.486 e. The summed E-state index contributed by atoms with van der Waals surface area (Å²) in [7, 11) is 0. The summed E-state index contributed by atoms with van der Waals surface area (Å²) < 4.78 is 24.5. The Morgan fingerprint density at radius 1 is 1.25 bits per heavy atom. The maximum absolute atomic E-state index is 13.8. The maximum Gasteiger partial charge on any atom is 0.271 e. The van der Waals surface area contributed by atoms with Gasteiger partial charge in [-0.3, -0.25) is 14.9 Å². The van der Waals surface area contributed by atoms with Gasteiger partial charge in [-0.25, -0.2) is 4.39 Å². The fraction of sp³-hybridized carbons (Fsp3) is 0.133. The smallest absolute Gasteiger partial charge is 0.271 e. The first-order chi connectivity index (χ1) is 11.5. The highest BCUT2D eigenvalue weighted by molar-refractivity contribution is 6.32. The molecule has 0 aliphatic carbocycles. The summed E-state index contributed by atoms with van der Waals surface area (Å²) in [6, 6.07) is 5.61. The van der Waals surface area contributed by atoms with Gasteiger partial charge in [0.1, 0.15) is 19.0 Å². The minimum Gasteiger partial charge on any atom is -0.486 e. The van der Waals surface area contributed by atoms with Gasteiger partial charge in [0.25, 0.3) is 11.6 Å². The zero-order chi connectivity index (χ0) is 17.3. The zero-order valence-corrected chi connectivity index (χ0v) is 12.8. The van der Waals surface area contributed by atoms with E-state index in [1.54, 1.807) is 0 Å². The van der Waals surface area contributed by atoms with Crippen molar-refractivity contribution in [1.82, 2.24) is 0 Å². The Kier molecular flexibility index (Phi) is 4.22. The van der Waals surface area contributed by atoms with Crippen LogP contribution in [0.4, 0.5) is 15.8 Å². The predicted molar refractivity (Wildman–Crippen MR) is 83.4 cm³/mol. The third kappa shape index (κ3) is 3.09. The van der Waals surface area contributed by atoms with Crippen molar-refractivity contribution in [2.24, 2.45) is 0 Å². The van der Waals surface area contributed by atoms with Crippen LogP contribution in [0.25, 0.3) is 0 Å². The van der Waals surface area contributed by atoms with Gasteiger partial charge in [0, 0.05) is 17.7 Å². The van der Waals surface area contributed by atoms with Crippen LogP contribution < -0.4 is 14.8 Å². The average molecular weight is 353 g/mol. The van der Waals surface area contributed by atoms with Crippen molar-refractivity contribution in [3.05, 3.63) is 56.8 Å². The number of nitro benzene ring substituents is 1. The van der Waals surface area contributed by atoms with E-state index in [4.69, 9.17) is 21.1 Å². The van der Waals surface area contributed by atoms with Crippen LogP contribution in [0, 0.1) is 15.9 Å². The number of carbonyl (C=O) groups excluding carboxylic acids is 1. The number of rotatable bonds is 3. The summed E-state index contributed by atoms with van der Waals surface area (Å²) in [6.45, 7) is 0.658. The standard InChI is InChI=1S/C15H10ClFN2O5/c16-10-5-8(6-13-14(10)24-4-3-23-13)15(20)18-12-7-9(19(21)22)1-2-11(12)17/h1-2,5-7H,3-4H2,(H,18,20). The monoisotopic (exact) mass is 352 g/mol. The van der Waals surface area contributed by atoms with Crippen molar-refractivity contribution in [2.75, 3.05) is 18.5 Å². The molecular weight excluding hydrogens is 343 g/mol. The lowest BCUT2D eigenvalue weighted by Gasteiger charge is -2.20. The molecule has 0 fully saturated rings. The second-order valence-electron chi connectivity index (χ2n) is 4.86. The van der Waals surface area contributed by atoms with Crippen LogP contribution in [-0.4, -0.2) is 24.0 Å². The number of hydrogen-bond acceptors (Lipinski definition) is 5. The van der Waals surface area contributed by atoms with E-state index < -0.39 is 16.6 Å². The minimum atomic E-state index is -0.794. The highest BCUT2D eigenvalue weighted by Crippen LogP contribution is 2.38. The van der Waals surface area contributed by atoms with E-state index in [9.17, 15) is 19.3 Å². The number of halogens is 2. The topological polar surface area (TPSA) is 90.7 Å². The fourth-order valence-corrected chi connectivity index (χ4v) is 2.42. The molecule has 1 N–H and O–H groups in total. The molecule has 1 aliphatic rings. The summed E-state index contributed by atoms with van der Waals surface area (Å²) >= 11 is 6.04. The van der Waals surface area contributed by atoms with Crippen molar-refractivity contribution in [1.29, 1.82) is 0 Å². The first kappa shape index (κ1) is 16.0. The van der Waals surface area contributed by atoms with Crippen LogP contribution in [0.3, 0.4) is 0 Å². The van der Waals surface area contributed by atoms with Crippen molar-refractivity contribution in [3.8, 4) is 11.5 Å². The number of fused-ring (bicyclic) bond motifs is 1. The van der Waals surface area contributed by atoms with Crippen LogP contribution in [0.1, 0.15) is 10.4 Å². The lowest BCUT2D eigenvalue weighted by Crippen LogP contribution is -2.18. The fourth-order valence-electron chi connectivity index (χ4n) is 2.16. The first-order valence-corrected chi connectivity index (χ1v) is 7.18. The summed E-state index contributed by atoms with van der Waals surface area (Å²) in [6.07, 6.45) is 0. The number of benzene rings is 2. The number of hydrogen-bond donors (Lipinski definition) is 1. The van der Waals surface area contributed by atoms with Gasteiger partial charge < -0.3 is 14.8 Å². The van der Waals surface area contributed by atoms with Gasteiger partial charge >= 0.3 is 0 Å². The summed E-state index contributed by atoms with van der Waals surface area (Å²) in [4.78, 5) is 22.3. The third-order valence-electron chi connectivity index (χ3n) is 3.27. The van der Waals surface area contributed by atoms with Crippen molar-refractivity contribution < 1.29 is 23.6 Å². The molecule has 7 nitrogen and oxygen atoms in total. The number of nitro groups is 1. The second-order valence-corrected chi connectivity index (χ2v) is 5.26. The van der Waals surface area contributed by atoms with E-state index in [-0.39, 0.29) is 22.0 Å². The number of nitrogens with one attached hydrogen (secondary N) is 1. The molecule has 0 spiro atoms. The lowest BCUT2D eigenvalue weighted by molar-refractivity contribution is -0.384. The van der Waals surface area contributed by atoms with Crippen molar-refractivity contribution >= 4 is 28.9 Å². The van der Waals surface area contributed by atoms with Gasteiger partial charge in [0.2, 0.25) is 0 Å². The van der Waals surface area contributed by atoms with Gasteiger partial charge in [0.15, 0.2) is 11.5 Å². The molecule has 24 heavy (non-hydrogen) atoms. The van der Waals surface area contributed by atoms with Gasteiger partial charge in [-0.15, -0.1) is 0 Å². The lowest BCUT2D eigenvalue weighted by atomic mass is 10.1. The molecule has 0 saturated carbocycles. The second kappa shape index (κ2) is 6.32. The van der Waals surface area contributed by atoms with Crippen LogP contribution in [-0.2, 0) is 0 Å². The highest BCUT2D eigenvalue weighted by Gasteiger charge is 2.20. The number of ether oxygens (including phenoxy) is 2. The molecule has 0 bridgehead atoms. The van der Waals surface area contributed by atoms with E-state index in [2.05, 4.69) is 5.32 Å². The molecule has 0 radical (unpaired) electrons. The van der Waals surface area contributed by atoms with E-state index in [0.29, 0.717) is 24.7 Å². The molecule has 1 amide bonds. The van der Waals surface area contributed by atoms with E-state index in [0.717, 1.165) is 18.2 Å². The Balaban J connectivity index is 1.89. The summed E-state index contributed by atoms with van der Waals surface area (Å²) in [5.74, 6) is -0.842. The Labute approximate surface area is 140 Å². The number of anilines is 1. The van der Waals surface area contributed by atoms with E-state index in [1.165, 1.54) is 12.1 Å². The van der Waals surface area contributed by atoms with Gasteiger partial charge in [-0.1, -0.05) is 11.6 Å². The summed E-state index contributed by atoms with van der Waals surface area (Å²) in [5, 5.41) is 13.2. The normalized spacial score (nSPS) is 12.6. The molecule has 2 aromatic rings. The number of nitrogens with zero attached hydrogens (tertiary/aromatic N) is 1. The molecule has 1 heterocycles. The Morgan fingerprint density at radius 2 is 2.00 bits per heavy atom. The Hall–Kier alpha value is -2.87. The predicted octanol–water partition coefficient (Wildman–Crippen LogP) is 3.41. The van der Waals surface area contributed by atoms with Crippen LogP contribution >= 0.6 is 11.6 Å². The quantitative estimate of drug-likeness (QED) is 0.675. The molecule has 0 aromatic heterocycles. The number of non-ortho nitro benzene ring substituents is 1. The molecular formula is C15H10ClFN2O5. The van der Waals surface area contributed by atoms with Crippen LogP contribution in [0.2, 0.25) is 5.02 Å². The molecule has 124 valence electrons. The highest BCUT2D eigenvalue weighted by atomic mass is 35.5. The zero-order valence-electron chi connectivity index (χ0n) is 12.0. The Bertz CT molecular complexity index is 843. The van der Waals surface area contributed by atoms with Gasteiger partial charge in [0.05, 0.1) is 15.6 Å². The molecule has 0 atom stereocenters. The molecule has 1 aliphatic heterocycles. The molecule has 2 aromatic carbocycles. The van der Waals surface area contributed by atoms with Crippen molar-refractivity contribution in [2.45, 2.75) is 0 Å². The molecule has 0 saturated heterocycles. The minimum absolute atomic E-state index is 0.107. The average Bonchev–Trinajstić information content (AvgIpc) is 2.56. The number of amides is 1. The number of carbonyl (C=O) groups is 1. The molecule has 3 rings (SSSR count). The van der Waals surface area contributed by atoms with E-state index in [1.807, 2.05) is 0 Å².